The first-order chi connectivity index (χ1) is 15.6. The fourth-order valence-corrected chi connectivity index (χ4v) is 4.12. The molecule has 32 heavy (non-hydrogen) atoms. The number of esters is 1. The van der Waals surface area contributed by atoms with Gasteiger partial charge in [-0.05, 0) is 50.1 Å². The molecule has 7 nitrogen and oxygen atoms in total. The number of hydrogen-bond donors (Lipinski definition) is 0. The highest BCUT2D eigenvalue weighted by atomic mass is 16.5. The summed E-state index contributed by atoms with van der Waals surface area (Å²) in [5.41, 5.74) is 1.45. The Morgan fingerprint density at radius 3 is 2.62 bits per heavy atom. The number of rotatable bonds is 5. The molecule has 2 heterocycles. The predicted molar refractivity (Wildman–Crippen MR) is 123 cm³/mol. The third-order valence-corrected chi connectivity index (χ3v) is 5.81. The third-order valence-electron chi connectivity index (χ3n) is 5.81. The molecule has 2 aromatic carbocycles. The van der Waals surface area contributed by atoms with Crippen molar-refractivity contribution in [3.8, 4) is 0 Å². The highest BCUT2D eigenvalue weighted by Gasteiger charge is 2.18. The lowest BCUT2D eigenvalue weighted by Gasteiger charge is -2.20. The molecule has 0 N–H and O–H groups in total. The van der Waals surface area contributed by atoms with E-state index in [4.69, 9.17) is 4.74 Å². The summed E-state index contributed by atoms with van der Waals surface area (Å²) in [6.07, 6.45) is 4.97. The van der Waals surface area contributed by atoms with Crippen molar-refractivity contribution in [3.63, 3.8) is 0 Å². The maximum Gasteiger partial charge on any atom is 0.338 e. The maximum absolute atomic E-state index is 12.9. The van der Waals surface area contributed by atoms with Crippen LogP contribution in [0, 0.1) is 0 Å². The van der Waals surface area contributed by atoms with Gasteiger partial charge in [-0.1, -0.05) is 31.0 Å². The number of anilines is 1. The number of ether oxygens (including phenoxy) is 1. The van der Waals surface area contributed by atoms with Crippen LogP contribution in [0.5, 0.6) is 0 Å². The van der Waals surface area contributed by atoms with Crippen molar-refractivity contribution < 1.29 is 14.3 Å². The number of para-hydroxylation sites is 1. The fourth-order valence-electron chi connectivity index (χ4n) is 4.12. The standard InChI is InChI=1S/C25H27N3O4/c1-2-27(19-10-6-5-7-11-19)23(29)17-32-25(31)18-13-14-20-21(16-18)26-22-12-8-3-4-9-15-28(22)24(20)30/h5-7,10-11,13-14,16H,2-4,8-9,12,15,17H2,1H3. The Labute approximate surface area is 186 Å². The van der Waals surface area contributed by atoms with Gasteiger partial charge in [0.2, 0.25) is 0 Å². The zero-order chi connectivity index (χ0) is 22.5. The molecular formula is C25H27N3O4. The third kappa shape index (κ3) is 4.56. The van der Waals surface area contributed by atoms with Crippen molar-refractivity contribution in [2.45, 2.75) is 45.6 Å². The van der Waals surface area contributed by atoms with Crippen LogP contribution in [0.25, 0.3) is 10.9 Å². The highest BCUT2D eigenvalue weighted by Crippen LogP contribution is 2.17. The van der Waals surface area contributed by atoms with Gasteiger partial charge in [0.1, 0.15) is 5.82 Å². The van der Waals surface area contributed by atoms with Crippen molar-refractivity contribution in [2.24, 2.45) is 0 Å². The van der Waals surface area contributed by atoms with Crippen LogP contribution in [0.3, 0.4) is 0 Å². The quantitative estimate of drug-likeness (QED) is 0.573. The molecule has 7 heteroatoms. The van der Waals surface area contributed by atoms with Crippen LogP contribution in [0.4, 0.5) is 5.69 Å². The van der Waals surface area contributed by atoms with Gasteiger partial charge in [-0.3, -0.25) is 14.2 Å². The molecule has 0 saturated carbocycles. The van der Waals surface area contributed by atoms with Gasteiger partial charge in [0.15, 0.2) is 6.61 Å². The minimum Gasteiger partial charge on any atom is -0.452 e. The second-order valence-corrected chi connectivity index (χ2v) is 7.93. The zero-order valence-electron chi connectivity index (χ0n) is 18.3. The number of carbonyl (C=O) groups is 2. The Balaban J connectivity index is 1.52. The van der Waals surface area contributed by atoms with Gasteiger partial charge >= 0.3 is 5.97 Å². The van der Waals surface area contributed by atoms with Gasteiger partial charge in [-0.2, -0.15) is 0 Å². The molecule has 1 aliphatic heterocycles. The Kier molecular flexibility index (Phi) is 6.63. The monoisotopic (exact) mass is 433 g/mol. The Bertz CT molecular complexity index is 1190. The number of likely N-dealkylation sites (N-methyl/N-ethyl adjacent to an activating group) is 1. The summed E-state index contributed by atoms with van der Waals surface area (Å²) in [6.45, 7) is 2.65. The number of benzene rings is 2. The summed E-state index contributed by atoms with van der Waals surface area (Å²) in [6, 6.07) is 14.0. The molecule has 0 spiro atoms. The number of carbonyl (C=O) groups excluding carboxylic acids is 2. The molecule has 0 bridgehead atoms. The summed E-state index contributed by atoms with van der Waals surface area (Å²) >= 11 is 0. The van der Waals surface area contributed by atoms with Gasteiger partial charge in [0.25, 0.3) is 11.5 Å². The molecular weight excluding hydrogens is 406 g/mol. The minimum absolute atomic E-state index is 0.0663. The van der Waals surface area contributed by atoms with E-state index in [-0.39, 0.29) is 23.6 Å². The van der Waals surface area contributed by atoms with Crippen LogP contribution in [-0.4, -0.2) is 34.6 Å². The summed E-state index contributed by atoms with van der Waals surface area (Å²) in [5, 5.41) is 0.489. The average Bonchev–Trinajstić information content (AvgIpc) is 2.79. The van der Waals surface area contributed by atoms with Crippen molar-refractivity contribution in [3.05, 3.63) is 70.3 Å². The van der Waals surface area contributed by atoms with E-state index >= 15 is 0 Å². The van der Waals surface area contributed by atoms with Gasteiger partial charge in [-0.15, -0.1) is 0 Å². The molecule has 0 radical (unpaired) electrons. The van der Waals surface area contributed by atoms with Gasteiger partial charge in [0.05, 0.1) is 16.5 Å². The molecule has 1 amide bonds. The van der Waals surface area contributed by atoms with Crippen molar-refractivity contribution >= 4 is 28.5 Å². The number of aryl methyl sites for hydroxylation is 1. The van der Waals surface area contributed by atoms with Crippen LogP contribution < -0.4 is 10.5 Å². The summed E-state index contributed by atoms with van der Waals surface area (Å²) in [4.78, 5) is 44.4. The number of nitrogens with zero attached hydrogens (tertiary/aromatic N) is 3. The smallest absolute Gasteiger partial charge is 0.338 e. The largest absolute Gasteiger partial charge is 0.452 e. The Morgan fingerprint density at radius 2 is 1.84 bits per heavy atom. The van der Waals surface area contributed by atoms with Gasteiger partial charge in [0, 0.05) is 25.2 Å². The second-order valence-electron chi connectivity index (χ2n) is 7.93. The topological polar surface area (TPSA) is 81.5 Å². The lowest BCUT2D eigenvalue weighted by molar-refractivity contribution is -0.121. The SMILES string of the molecule is CCN(C(=O)COC(=O)c1ccc2c(=O)n3c(nc2c1)CCCCCC3)c1ccccc1. The molecule has 1 aliphatic rings. The van der Waals surface area contributed by atoms with Crippen LogP contribution in [0.1, 0.15) is 48.8 Å². The van der Waals surface area contributed by atoms with Crippen LogP contribution in [0.15, 0.2) is 53.3 Å². The van der Waals surface area contributed by atoms with Crippen LogP contribution >= 0.6 is 0 Å². The number of amides is 1. The molecule has 0 atom stereocenters. The minimum atomic E-state index is -0.613. The number of aromatic nitrogens is 2. The van der Waals surface area contributed by atoms with E-state index in [1.54, 1.807) is 27.7 Å². The highest BCUT2D eigenvalue weighted by molar-refractivity contribution is 5.98. The summed E-state index contributed by atoms with van der Waals surface area (Å²) < 4.78 is 7.05. The lowest BCUT2D eigenvalue weighted by Crippen LogP contribution is -2.34. The molecule has 0 unspecified atom stereocenters. The van der Waals surface area contributed by atoms with E-state index in [1.807, 2.05) is 37.3 Å². The average molecular weight is 434 g/mol. The Hall–Kier alpha value is -3.48. The first-order valence-electron chi connectivity index (χ1n) is 11.1. The molecule has 4 rings (SSSR count). The molecule has 166 valence electrons. The van der Waals surface area contributed by atoms with Crippen molar-refractivity contribution in [1.82, 2.24) is 9.55 Å². The van der Waals surface area contributed by atoms with E-state index in [0.717, 1.165) is 43.6 Å². The fraction of sp³-hybridized carbons (Fsp3) is 0.360. The van der Waals surface area contributed by atoms with Crippen LogP contribution in [0.2, 0.25) is 0 Å². The van der Waals surface area contributed by atoms with E-state index in [2.05, 4.69) is 4.98 Å². The molecule has 1 aromatic heterocycles. The normalized spacial score (nSPS) is 13.7. The molecule has 3 aromatic rings. The predicted octanol–water partition coefficient (Wildman–Crippen LogP) is 3.72. The second kappa shape index (κ2) is 9.77. The lowest BCUT2D eigenvalue weighted by atomic mass is 10.1. The van der Waals surface area contributed by atoms with E-state index in [9.17, 15) is 14.4 Å². The first-order valence-corrected chi connectivity index (χ1v) is 11.1. The zero-order valence-corrected chi connectivity index (χ0v) is 18.3. The van der Waals surface area contributed by atoms with E-state index in [1.165, 1.54) is 0 Å². The molecule has 0 saturated heterocycles. The summed E-state index contributed by atoms with van der Waals surface area (Å²) in [7, 11) is 0. The van der Waals surface area contributed by atoms with Gasteiger partial charge < -0.3 is 9.64 Å². The van der Waals surface area contributed by atoms with Crippen LogP contribution in [-0.2, 0) is 22.5 Å². The molecule has 0 aliphatic carbocycles. The number of hydrogen-bond acceptors (Lipinski definition) is 5. The van der Waals surface area contributed by atoms with Crippen molar-refractivity contribution in [2.75, 3.05) is 18.1 Å². The van der Waals surface area contributed by atoms with Crippen molar-refractivity contribution in [1.29, 1.82) is 0 Å². The van der Waals surface area contributed by atoms with E-state index < -0.39 is 5.97 Å². The maximum atomic E-state index is 12.9. The van der Waals surface area contributed by atoms with Gasteiger partial charge in [-0.25, -0.2) is 9.78 Å². The first kappa shape index (κ1) is 21.7. The number of fused-ring (bicyclic) bond motifs is 2. The Morgan fingerprint density at radius 1 is 1.06 bits per heavy atom. The summed E-state index contributed by atoms with van der Waals surface area (Å²) in [5.74, 6) is -0.145. The van der Waals surface area contributed by atoms with E-state index in [0.29, 0.717) is 24.0 Å². The molecule has 0 fully saturated rings.